The molecule has 2 N–H and O–H groups in total. The molecule has 1 rings (SSSR count). The summed E-state index contributed by atoms with van der Waals surface area (Å²) in [6, 6.07) is 7.32. The van der Waals surface area contributed by atoms with Gasteiger partial charge in [0.2, 0.25) is 0 Å². The average Bonchev–Trinajstić information content (AvgIpc) is 2.28. The zero-order valence-electron chi connectivity index (χ0n) is 8.62. The molecule has 0 aliphatic rings. The molecule has 1 aromatic carbocycles. The second-order valence-corrected chi connectivity index (χ2v) is 3.77. The highest BCUT2D eigenvalue weighted by Gasteiger charge is 2.02. The molecule has 0 saturated heterocycles. The monoisotopic (exact) mass is 258 g/mol. The van der Waals surface area contributed by atoms with E-state index in [4.69, 9.17) is 23.8 Å². The standard InChI is InChI=1S/C10H11ClN2O2S/c1-15-10(14)13-9(16)12-6-7-2-4-8(11)5-3-7/h2-5H,6H2,1H3,(H2,12,13,14,16). The van der Waals surface area contributed by atoms with Gasteiger partial charge < -0.3 is 10.1 Å². The van der Waals surface area contributed by atoms with Crippen molar-refractivity contribution in [3.63, 3.8) is 0 Å². The Morgan fingerprint density at radius 3 is 2.62 bits per heavy atom. The predicted octanol–water partition coefficient (Wildman–Crippen LogP) is 2.07. The lowest BCUT2D eigenvalue weighted by Crippen LogP contribution is -2.38. The molecular formula is C10H11ClN2O2S. The summed E-state index contributed by atoms with van der Waals surface area (Å²) >= 11 is 10.6. The van der Waals surface area contributed by atoms with Gasteiger partial charge in [-0.3, -0.25) is 5.32 Å². The summed E-state index contributed by atoms with van der Waals surface area (Å²) in [7, 11) is 1.27. The van der Waals surface area contributed by atoms with Crippen molar-refractivity contribution < 1.29 is 9.53 Å². The highest BCUT2D eigenvalue weighted by Crippen LogP contribution is 2.08. The van der Waals surface area contributed by atoms with E-state index >= 15 is 0 Å². The van der Waals surface area contributed by atoms with Crippen LogP contribution in [0.15, 0.2) is 24.3 Å². The molecule has 16 heavy (non-hydrogen) atoms. The summed E-state index contributed by atoms with van der Waals surface area (Å²) in [5.74, 6) is 0. The van der Waals surface area contributed by atoms with Crippen LogP contribution in [0.3, 0.4) is 0 Å². The van der Waals surface area contributed by atoms with Crippen LogP contribution in [0.4, 0.5) is 4.79 Å². The Morgan fingerprint density at radius 1 is 1.44 bits per heavy atom. The van der Waals surface area contributed by atoms with Crippen molar-refractivity contribution in [2.24, 2.45) is 0 Å². The minimum atomic E-state index is -0.589. The molecule has 0 aliphatic carbocycles. The summed E-state index contributed by atoms with van der Waals surface area (Å²) in [5, 5.41) is 6.11. The molecule has 0 bridgehead atoms. The Labute approximate surface area is 104 Å². The first-order chi connectivity index (χ1) is 7.61. The van der Waals surface area contributed by atoms with Crippen LogP contribution in [0.1, 0.15) is 5.56 Å². The van der Waals surface area contributed by atoms with E-state index in [0.717, 1.165) is 5.56 Å². The number of carbonyl (C=O) groups excluding carboxylic acids is 1. The molecule has 6 heteroatoms. The van der Waals surface area contributed by atoms with E-state index in [1.165, 1.54) is 7.11 Å². The van der Waals surface area contributed by atoms with Crippen molar-refractivity contribution >= 4 is 35.0 Å². The van der Waals surface area contributed by atoms with E-state index in [2.05, 4.69) is 15.4 Å². The number of amides is 1. The van der Waals surface area contributed by atoms with Gasteiger partial charge in [0.15, 0.2) is 5.11 Å². The van der Waals surface area contributed by atoms with Gasteiger partial charge in [-0.1, -0.05) is 23.7 Å². The molecule has 0 unspecified atom stereocenters. The minimum absolute atomic E-state index is 0.224. The number of benzene rings is 1. The third-order valence-corrected chi connectivity index (χ3v) is 2.27. The van der Waals surface area contributed by atoms with Crippen LogP contribution >= 0.6 is 23.8 Å². The molecule has 0 fully saturated rings. The van der Waals surface area contributed by atoms with Gasteiger partial charge in [0.25, 0.3) is 0 Å². The van der Waals surface area contributed by atoms with Crippen molar-refractivity contribution in [1.82, 2.24) is 10.6 Å². The van der Waals surface area contributed by atoms with Crippen LogP contribution in [0.5, 0.6) is 0 Å². The molecule has 0 saturated carbocycles. The zero-order chi connectivity index (χ0) is 12.0. The maximum absolute atomic E-state index is 10.8. The molecule has 86 valence electrons. The van der Waals surface area contributed by atoms with E-state index in [-0.39, 0.29) is 5.11 Å². The third kappa shape index (κ3) is 4.46. The van der Waals surface area contributed by atoms with E-state index < -0.39 is 6.09 Å². The second kappa shape index (κ2) is 6.30. The summed E-state index contributed by atoms with van der Waals surface area (Å²) in [5.41, 5.74) is 1.01. The number of rotatable bonds is 2. The highest BCUT2D eigenvalue weighted by atomic mass is 35.5. The molecule has 0 atom stereocenters. The zero-order valence-corrected chi connectivity index (χ0v) is 10.2. The number of ether oxygens (including phenoxy) is 1. The van der Waals surface area contributed by atoms with Gasteiger partial charge in [0.05, 0.1) is 7.11 Å². The smallest absolute Gasteiger partial charge is 0.413 e. The molecule has 1 aromatic rings. The molecule has 0 radical (unpaired) electrons. The van der Waals surface area contributed by atoms with Gasteiger partial charge in [-0.05, 0) is 29.9 Å². The van der Waals surface area contributed by atoms with Crippen molar-refractivity contribution in [2.75, 3.05) is 7.11 Å². The number of halogens is 1. The lowest BCUT2D eigenvalue weighted by Gasteiger charge is -2.08. The van der Waals surface area contributed by atoms with E-state index in [9.17, 15) is 4.79 Å². The lowest BCUT2D eigenvalue weighted by atomic mass is 10.2. The van der Waals surface area contributed by atoms with Gasteiger partial charge >= 0.3 is 6.09 Å². The Bertz CT molecular complexity index is 381. The Morgan fingerprint density at radius 2 is 2.06 bits per heavy atom. The fraction of sp³-hybridized carbons (Fsp3) is 0.200. The second-order valence-electron chi connectivity index (χ2n) is 2.93. The van der Waals surface area contributed by atoms with E-state index in [1.807, 2.05) is 12.1 Å². The van der Waals surface area contributed by atoms with E-state index in [0.29, 0.717) is 11.6 Å². The predicted molar refractivity (Wildman–Crippen MR) is 66.4 cm³/mol. The van der Waals surface area contributed by atoms with Crippen molar-refractivity contribution in [1.29, 1.82) is 0 Å². The van der Waals surface area contributed by atoms with Crippen LogP contribution in [-0.4, -0.2) is 18.3 Å². The van der Waals surface area contributed by atoms with Crippen LogP contribution in [0.2, 0.25) is 5.02 Å². The van der Waals surface area contributed by atoms with Crippen LogP contribution < -0.4 is 10.6 Å². The van der Waals surface area contributed by atoms with Crippen LogP contribution in [-0.2, 0) is 11.3 Å². The molecular weight excluding hydrogens is 248 g/mol. The first-order valence-electron chi connectivity index (χ1n) is 4.49. The number of hydrogen-bond donors (Lipinski definition) is 2. The Balaban J connectivity index is 2.37. The molecule has 4 nitrogen and oxygen atoms in total. The number of carbonyl (C=O) groups is 1. The third-order valence-electron chi connectivity index (χ3n) is 1.77. The average molecular weight is 259 g/mol. The summed E-state index contributed by atoms with van der Waals surface area (Å²) in [6.07, 6.45) is -0.589. The first kappa shape index (κ1) is 12.7. The van der Waals surface area contributed by atoms with Gasteiger partial charge in [-0.25, -0.2) is 4.79 Å². The maximum atomic E-state index is 10.8. The summed E-state index contributed by atoms with van der Waals surface area (Å²) in [4.78, 5) is 10.8. The van der Waals surface area contributed by atoms with Gasteiger partial charge in [0, 0.05) is 11.6 Å². The quantitative estimate of drug-likeness (QED) is 0.798. The maximum Gasteiger partial charge on any atom is 0.413 e. The Kier molecular flexibility index (Phi) is 5.01. The molecule has 0 aliphatic heterocycles. The van der Waals surface area contributed by atoms with Crippen LogP contribution in [0.25, 0.3) is 0 Å². The number of alkyl carbamates (subject to hydrolysis) is 1. The fourth-order valence-electron chi connectivity index (χ4n) is 0.973. The number of nitrogens with one attached hydrogen (secondary N) is 2. The van der Waals surface area contributed by atoms with E-state index in [1.54, 1.807) is 12.1 Å². The highest BCUT2D eigenvalue weighted by molar-refractivity contribution is 7.80. The van der Waals surface area contributed by atoms with Crippen molar-refractivity contribution in [3.8, 4) is 0 Å². The Hall–Kier alpha value is -1.33. The first-order valence-corrected chi connectivity index (χ1v) is 5.27. The van der Waals surface area contributed by atoms with Crippen molar-refractivity contribution in [3.05, 3.63) is 34.9 Å². The lowest BCUT2D eigenvalue weighted by molar-refractivity contribution is 0.176. The minimum Gasteiger partial charge on any atom is -0.453 e. The topological polar surface area (TPSA) is 50.4 Å². The number of methoxy groups -OCH3 is 1. The van der Waals surface area contributed by atoms with Gasteiger partial charge in [0.1, 0.15) is 0 Å². The van der Waals surface area contributed by atoms with Crippen LogP contribution in [0, 0.1) is 0 Å². The molecule has 0 spiro atoms. The molecule has 1 amide bonds. The largest absolute Gasteiger partial charge is 0.453 e. The molecule has 0 aromatic heterocycles. The van der Waals surface area contributed by atoms with Gasteiger partial charge in [-0.2, -0.15) is 0 Å². The van der Waals surface area contributed by atoms with Gasteiger partial charge in [-0.15, -0.1) is 0 Å². The number of thiocarbonyl (C=S) groups is 1. The summed E-state index contributed by atoms with van der Waals surface area (Å²) in [6.45, 7) is 0.514. The molecule has 0 heterocycles. The fourth-order valence-corrected chi connectivity index (χ4v) is 1.25. The van der Waals surface area contributed by atoms with Crippen molar-refractivity contribution in [2.45, 2.75) is 6.54 Å². The number of hydrogen-bond acceptors (Lipinski definition) is 3. The SMILES string of the molecule is COC(=O)NC(=S)NCc1ccc(Cl)cc1. The summed E-state index contributed by atoms with van der Waals surface area (Å²) < 4.78 is 4.39. The normalized spacial score (nSPS) is 9.38.